The van der Waals surface area contributed by atoms with Crippen molar-refractivity contribution in [3.63, 3.8) is 0 Å². The SMILES string of the molecule is C[C@@H](O)[C@@H]1NC(=O)[C@@H](NC(=O)CN)CSCC(=O)CSC[C@@H](C(=O)O)NC(=O)[C@@H]2CCCN2C(=O)[C@H](CC(=O)O)NC(=O)[C@H](Cc2c[nH]c3ccccc23)NC(=O)[C@H](CCC(N)=O)NC(=O)[C@H](CCCN=C(N)N)NC1=O. The number of amides is 9. The zero-order valence-electron chi connectivity index (χ0n) is 42.0. The molecule has 19 N–H and O–H groups in total. The van der Waals surface area contributed by atoms with Crippen molar-refractivity contribution in [3.05, 3.63) is 36.0 Å². The van der Waals surface area contributed by atoms with E-state index in [1.807, 2.05) is 0 Å². The van der Waals surface area contributed by atoms with Crippen molar-refractivity contribution >= 4 is 111 Å². The third-order valence-electron chi connectivity index (χ3n) is 12.1. The minimum absolute atomic E-state index is 0.00779. The second-order valence-corrected chi connectivity index (χ2v) is 20.1. The van der Waals surface area contributed by atoms with E-state index in [9.17, 15) is 72.9 Å². The van der Waals surface area contributed by atoms with Crippen molar-refractivity contribution in [2.24, 2.45) is 27.9 Å². The Balaban J connectivity index is 1.80. The van der Waals surface area contributed by atoms with Crippen molar-refractivity contribution < 1.29 is 72.9 Å². The number of H-pyrrole nitrogens is 1. The molecule has 29 nitrogen and oxygen atoms in total. The van der Waals surface area contributed by atoms with Crippen molar-refractivity contribution in [2.45, 2.75) is 113 Å². The molecule has 2 aliphatic heterocycles. The number of rotatable bonds is 15. The van der Waals surface area contributed by atoms with E-state index in [2.05, 4.69) is 47.2 Å². The lowest BCUT2D eigenvalue weighted by atomic mass is 10.0. The number of hydrogen-bond acceptors (Lipinski definition) is 17. The van der Waals surface area contributed by atoms with Gasteiger partial charge in [-0.1, -0.05) is 18.2 Å². The number of benzene rings is 1. The molecule has 2 aliphatic rings. The van der Waals surface area contributed by atoms with Gasteiger partial charge in [-0.15, -0.1) is 0 Å². The highest BCUT2D eigenvalue weighted by atomic mass is 32.2. The molecule has 0 bridgehead atoms. The van der Waals surface area contributed by atoms with E-state index >= 15 is 0 Å². The molecule has 77 heavy (non-hydrogen) atoms. The number of fused-ring (bicyclic) bond motifs is 2. The number of carboxylic acids is 2. The first kappa shape index (κ1) is 62.0. The van der Waals surface area contributed by atoms with Gasteiger partial charge in [-0.2, -0.15) is 23.5 Å². The van der Waals surface area contributed by atoms with Crippen LogP contribution in [0.5, 0.6) is 0 Å². The normalized spacial score (nSPS) is 24.7. The van der Waals surface area contributed by atoms with Crippen LogP contribution >= 0.6 is 23.5 Å². The number of primary amides is 1. The predicted octanol–water partition coefficient (Wildman–Crippen LogP) is -5.64. The zero-order valence-corrected chi connectivity index (χ0v) is 43.6. The van der Waals surface area contributed by atoms with Crippen molar-refractivity contribution in [1.82, 2.24) is 47.1 Å². The first-order valence-corrected chi connectivity index (χ1v) is 26.6. The van der Waals surface area contributed by atoms with E-state index in [0.29, 0.717) is 16.5 Å². The van der Waals surface area contributed by atoms with Crippen molar-refractivity contribution in [2.75, 3.05) is 42.6 Å². The summed E-state index contributed by atoms with van der Waals surface area (Å²) in [4.78, 5) is 169. The lowest BCUT2D eigenvalue weighted by molar-refractivity contribution is -0.147. The zero-order chi connectivity index (χ0) is 56.9. The van der Waals surface area contributed by atoms with E-state index in [-0.39, 0.29) is 74.2 Å². The number of aliphatic hydroxyl groups is 1. The standard InChI is InChI=1S/C46H66N14O15S2/c1-22(61)37-43(72)55-27(8-4-12-51-46(49)50)38(67)54-28(10-11-34(48)63)39(68)56-29(14-23-17-52-26-7-3-2-6-25(23)26)40(69)57-30(15-36(65)66)44(73)60-13-5-9-33(60)42(71)58-32(45(74)75)21-77-19-24(62)18-76-20-31(41(70)59-37)53-35(64)16-47/h2-3,6-7,17,22,27-33,37,52,61H,4-5,8-16,18-21,47H2,1H3,(H2,48,63)(H,53,64)(H,54,67)(H,55,72)(H,56,68)(H,57,69)(H,58,71)(H,59,70)(H,65,66)(H,74,75)(H4,49,50,51)/t22-,27+,28+,29+,30+,31+,32+,33+,37+/m1/s1. The molecule has 31 heteroatoms. The van der Waals surface area contributed by atoms with Gasteiger partial charge < -0.3 is 85.4 Å². The number of thioether (sulfide) groups is 2. The third-order valence-corrected chi connectivity index (χ3v) is 14.3. The largest absolute Gasteiger partial charge is 0.481 e. The number of aliphatic carboxylic acids is 2. The van der Waals surface area contributed by atoms with Gasteiger partial charge >= 0.3 is 11.9 Å². The van der Waals surface area contributed by atoms with Crippen molar-refractivity contribution in [3.8, 4) is 0 Å². The van der Waals surface area contributed by atoms with Crippen LogP contribution in [0, 0.1) is 0 Å². The molecule has 0 saturated carbocycles. The average molecular weight is 1120 g/mol. The summed E-state index contributed by atoms with van der Waals surface area (Å²) >= 11 is 1.72. The fraction of sp³-hybridized carbons (Fsp3) is 0.543. The number of carboxylic acid groups (broad SMARTS) is 2. The minimum atomic E-state index is -1.86. The van der Waals surface area contributed by atoms with E-state index in [4.69, 9.17) is 22.9 Å². The third kappa shape index (κ3) is 19.5. The van der Waals surface area contributed by atoms with Gasteiger partial charge in [0.2, 0.25) is 53.2 Å². The highest BCUT2D eigenvalue weighted by molar-refractivity contribution is 8.01. The molecule has 2 fully saturated rings. The van der Waals surface area contributed by atoms with Gasteiger partial charge in [0.1, 0.15) is 48.3 Å². The maximum absolute atomic E-state index is 14.5. The highest BCUT2D eigenvalue weighted by Gasteiger charge is 2.41. The van der Waals surface area contributed by atoms with Gasteiger partial charge in [-0.25, -0.2) is 4.79 Å². The van der Waals surface area contributed by atoms with Gasteiger partial charge in [0.05, 0.1) is 30.6 Å². The molecule has 1 aromatic carbocycles. The molecule has 0 unspecified atom stereocenters. The molecule has 0 radical (unpaired) electrons. The number of aliphatic imine (C=N–C) groups is 1. The number of aromatic nitrogens is 1. The van der Waals surface area contributed by atoms with Crippen LogP contribution in [0.4, 0.5) is 0 Å². The fourth-order valence-corrected chi connectivity index (χ4v) is 10.1. The fourth-order valence-electron chi connectivity index (χ4n) is 8.17. The van der Waals surface area contributed by atoms with Crippen LogP contribution in [-0.2, 0) is 64.0 Å². The maximum atomic E-state index is 14.5. The van der Waals surface area contributed by atoms with E-state index in [1.54, 1.807) is 30.5 Å². The number of nitrogens with one attached hydrogen (secondary N) is 8. The second kappa shape index (κ2) is 30.3. The predicted molar refractivity (Wildman–Crippen MR) is 279 cm³/mol. The molecule has 0 spiro atoms. The number of aromatic amines is 1. The van der Waals surface area contributed by atoms with Crippen LogP contribution in [0.1, 0.15) is 57.4 Å². The number of Topliss-reactive ketones (excluding diaryl/α,β-unsaturated/α-hetero) is 1. The number of para-hydroxylation sites is 1. The number of ketones is 1. The van der Waals surface area contributed by atoms with Gasteiger partial charge in [0, 0.05) is 54.5 Å². The van der Waals surface area contributed by atoms with E-state index < -0.39 is 151 Å². The number of carbonyl (C=O) groups is 12. The second-order valence-electron chi connectivity index (χ2n) is 18.1. The number of hydrogen-bond donors (Lipinski definition) is 15. The molecule has 0 aliphatic carbocycles. The van der Waals surface area contributed by atoms with Crippen LogP contribution in [0.3, 0.4) is 0 Å². The van der Waals surface area contributed by atoms with Crippen molar-refractivity contribution in [1.29, 1.82) is 0 Å². The molecule has 2 saturated heterocycles. The van der Waals surface area contributed by atoms with Crippen LogP contribution in [-0.4, -0.2) is 199 Å². The smallest absolute Gasteiger partial charge is 0.327 e. The molecular formula is C46H66N14O15S2. The highest BCUT2D eigenvalue weighted by Crippen LogP contribution is 2.22. The first-order chi connectivity index (χ1) is 36.5. The Kier molecular flexibility index (Phi) is 24.4. The summed E-state index contributed by atoms with van der Waals surface area (Å²) in [5.74, 6) is -14.1. The monoisotopic (exact) mass is 1120 g/mol. The minimum Gasteiger partial charge on any atom is -0.481 e. The molecule has 3 heterocycles. The Morgan fingerprint density at radius 3 is 2.05 bits per heavy atom. The van der Waals surface area contributed by atoms with E-state index in [0.717, 1.165) is 35.3 Å². The topological polar surface area (TPSA) is 485 Å². The van der Waals surface area contributed by atoms with Gasteiger partial charge in [-0.3, -0.25) is 57.7 Å². The summed E-state index contributed by atoms with van der Waals surface area (Å²) in [6.07, 6.45) is -2.48. The maximum Gasteiger partial charge on any atom is 0.327 e. The molecule has 1 aromatic heterocycles. The van der Waals surface area contributed by atoms with Crippen LogP contribution in [0.25, 0.3) is 10.9 Å². The molecule has 9 amide bonds. The summed E-state index contributed by atoms with van der Waals surface area (Å²) in [5.41, 5.74) is 23.0. The summed E-state index contributed by atoms with van der Waals surface area (Å²) in [6.45, 7) is 0.388. The molecule has 422 valence electrons. The lowest BCUT2D eigenvalue weighted by Gasteiger charge is -2.30. The Morgan fingerprint density at radius 1 is 0.792 bits per heavy atom. The van der Waals surface area contributed by atoms with Gasteiger partial charge in [0.15, 0.2) is 11.7 Å². The van der Waals surface area contributed by atoms with Gasteiger partial charge in [-0.05, 0) is 50.7 Å². The van der Waals surface area contributed by atoms with Crippen LogP contribution in [0.15, 0.2) is 35.5 Å². The number of nitrogens with two attached hydrogens (primary N) is 4. The quantitative estimate of drug-likeness (QED) is 0.0449. The Labute approximate surface area is 449 Å². The Bertz CT molecular complexity index is 2540. The molecular weight excluding hydrogens is 1050 g/mol. The van der Waals surface area contributed by atoms with E-state index in [1.165, 1.54) is 0 Å². The Hall–Kier alpha value is -7.51. The summed E-state index contributed by atoms with van der Waals surface area (Å²) in [6, 6.07) is -6.16. The number of aliphatic hydroxyl groups excluding tert-OH is 1. The van der Waals surface area contributed by atoms with Gasteiger partial charge in [0.25, 0.3) is 0 Å². The summed E-state index contributed by atoms with van der Waals surface area (Å²) < 4.78 is 0. The Morgan fingerprint density at radius 2 is 1.42 bits per heavy atom. The summed E-state index contributed by atoms with van der Waals surface area (Å²) in [7, 11) is 0. The number of nitrogens with zero attached hydrogens (tertiary/aromatic N) is 2. The van der Waals surface area contributed by atoms with Crippen LogP contribution in [0.2, 0.25) is 0 Å². The number of carbonyl (C=O) groups excluding carboxylic acids is 10. The first-order valence-electron chi connectivity index (χ1n) is 24.3. The molecule has 9 atom stereocenters. The lowest BCUT2D eigenvalue weighted by Crippen LogP contribution is -2.62. The molecule has 4 rings (SSSR count). The average Bonchev–Trinajstić information content (AvgIpc) is 4.03. The van der Waals surface area contributed by atoms with Crippen LogP contribution < -0.4 is 60.2 Å². The summed E-state index contributed by atoms with van der Waals surface area (Å²) in [5, 5.41) is 48.3. The molecule has 2 aromatic rings. The number of guanidine groups is 1.